The first kappa shape index (κ1) is 18.4. The molecular formula is C15H11F6N3O. The van der Waals surface area contributed by atoms with Gasteiger partial charge < -0.3 is 16.8 Å². The number of amides is 1. The molecule has 2 aromatic carbocycles. The van der Waals surface area contributed by atoms with Gasteiger partial charge in [-0.2, -0.15) is 26.3 Å². The average molecular weight is 363 g/mol. The topological polar surface area (TPSA) is 81.1 Å². The van der Waals surface area contributed by atoms with E-state index in [1.54, 1.807) is 0 Å². The summed E-state index contributed by atoms with van der Waals surface area (Å²) in [7, 11) is 0. The van der Waals surface area contributed by atoms with Crippen LogP contribution in [0.4, 0.5) is 43.4 Å². The Hall–Kier alpha value is -2.91. The molecule has 0 heterocycles. The van der Waals surface area contributed by atoms with Crippen molar-refractivity contribution in [1.29, 1.82) is 0 Å². The van der Waals surface area contributed by atoms with Crippen molar-refractivity contribution in [3.63, 3.8) is 0 Å². The Morgan fingerprint density at radius 3 is 1.60 bits per heavy atom. The second kappa shape index (κ2) is 6.19. The second-order valence-corrected chi connectivity index (χ2v) is 5.14. The van der Waals surface area contributed by atoms with Gasteiger partial charge in [0.15, 0.2) is 0 Å². The van der Waals surface area contributed by atoms with E-state index in [9.17, 15) is 31.1 Å². The minimum atomic E-state index is -5.01. The number of anilines is 3. The van der Waals surface area contributed by atoms with Gasteiger partial charge in [0.05, 0.1) is 11.1 Å². The molecule has 1 amide bonds. The molecule has 0 saturated carbocycles. The smallest absolute Gasteiger partial charge is 0.399 e. The maximum absolute atomic E-state index is 12.8. The molecule has 25 heavy (non-hydrogen) atoms. The summed E-state index contributed by atoms with van der Waals surface area (Å²) in [6.45, 7) is 0. The highest BCUT2D eigenvalue weighted by Crippen LogP contribution is 2.37. The molecule has 2 rings (SSSR count). The second-order valence-electron chi connectivity index (χ2n) is 5.14. The van der Waals surface area contributed by atoms with Crippen molar-refractivity contribution in [2.24, 2.45) is 0 Å². The van der Waals surface area contributed by atoms with Gasteiger partial charge in [-0.15, -0.1) is 0 Å². The predicted octanol–water partition coefficient (Wildman–Crippen LogP) is 4.14. The van der Waals surface area contributed by atoms with E-state index in [-0.39, 0.29) is 23.0 Å². The predicted molar refractivity (Wildman–Crippen MR) is 79.7 cm³/mol. The summed E-state index contributed by atoms with van der Waals surface area (Å²) in [5, 5.41) is 1.99. The number of nitrogens with one attached hydrogen (secondary N) is 1. The number of nitrogens with two attached hydrogens (primary N) is 2. The lowest BCUT2D eigenvalue weighted by atomic mass is 10.1. The van der Waals surface area contributed by atoms with Crippen molar-refractivity contribution in [1.82, 2.24) is 0 Å². The van der Waals surface area contributed by atoms with Gasteiger partial charge in [-0.05, 0) is 36.4 Å². The Balaban J connectivity index is 2.42. The van der Waals surface area contributed by atoms with Gasteiger partial charge in [0.2, 0.25) is 0 Å². The highest BCUT2D eigenvalue weighted by atomic mass is 19.4. The first-order valence-electron chi connectivity index (χ1n) is 6.63. The fourth-order valence-corrected chi connectivity index (χ4v) is 2.04. The number of alkyl halides is 6. The zero-order chi connectivity index (χ0) is 19.0. The third kappa shape index (κ3) is 4.55. The van der Waals surface area contributed by atoms with Gasteiger partial charge in [0.1, 0.15) is 0 Å². The van der Waals surface area contributed by atoms with Gasteiger partial charge in [-0.25, -0.2) is 0 Å². The third-order valence-corrected chi connectivity index (χ3v) is 3.09. The highest BCUT2D eigenvalue weighted by Gasteiger charge is 2.37. The van der Waals surface area contributed by atoms with Crippen molar-refractivity contribution < 1.29 is 31.1 Å². The van der Waals surface area contributed by atoms with Crippen molar-refractivity contribution in [2.45, 2.75) is 12.4 Å². The number of carbonyl (C=O) groups excluding carboxylic acids is 1. The van der Waals surface area contributed by atoms with E-state index < -0.39 is 35.1 Å². The maximum Gasteiger partial charge on any atom is 0.416 e. The molecule has 2 aromatic rings. The zero-order valence-electron chi connectivity index (χ0n) is 12.3. The van der Waals surface area contributed by atoms with E-state index in [4.69, 9.17) is 11.5 Å². The van der Waals surface area contributed by atoms with E-state index in [1.807, 2.05) is 5.32 Å². The van der Waals surface area contributed by atoms with E-state index in [2.05, 4.69) is 0 Å². The Morgan fingerprint density at radius 1 is 0.760 bits per heavy atom. The fourth-order valence-electron chi connectivity index (χ4n) is 2.04. The number of rotatable bonds is 2. The molecular weight excluding hydrogens is 352 g/mol. The number of benzene rings is 2. The van der Waals surface area contributed by atoms with Crippen LogP contribution in [0.15, 0.2) is 36.4 Å². The quantitative estimate of drug-likeness (QED) is 0.554. The van der Waals surface area contributed by atoms with Gasteiger partial charge in [-0.3, -0.25) is 4.79 Å². The molecule has 0 aliphatic rings. The normalized spacial score (nSPS) is 12.1. The number of halogens is 6. The summed E-state index contributed by atoms with van der Waals surface area (Å²) in [6, 6.07) is 4.48. The molecule has 0 unspecified atom stereocenters. The van der Waals surface area contributed by atoms with E-state index in [1.165, 1.54) is 18.2 Å². The van der Waals surface area contributed by atoms with Crippen molar-refractivity contribution in [2.75, 3.05) is 16.8 Å². The molecule has 10 heteroatoms. The number of hydrogen-bond acceptors (Lipinski definition) is 3. The largest absolute Gasteiger partial charge is 0.416 e. The summed E-state index contributed by atoms with van der Waals surface area (Å²) in [5.74, 6) is -0.952. The Bertz CT molecular complexity index is 761. The molecule has 5 N–H and O–H groups in total. The lowest BCUT2D eigenvalue weighted by molar-refractivity contribution is -0.143. The number of hydrogen-bond donors (Lipinski definition) is 3. The van der Waals surface area contributed by atoms with Crippen LogP contribution in [0, 0.1) is 0 Å². The van der Waals surface area contributed by atoms with Crippen LogP contribution in [0.25, 0.3) is 0 Å². The summed E-state index contributed by atoms with van der Waals surface area (Å²) in [5.41, 5.74) is 7.38. The minimum absolute atomic E-state index is 0.0336. The fraction of sp³-hybridized carbons (Fsp3) is 0.133. The standard InChI is InChI=1S/C15H11F6N3O/c16-14(17,18)8-3-9(15(19,20)21)5-12(4-8)24-13(25)7-1-10(22)6-11(23)2-7/h1-6H,22-23H2,(H,24,25). The van der Waals surface area contributed by atoms with Crippen LogP contribution >= 0.6 is 0 Å². The molecule has 0 aliphatic carbocycles. The van der Waals surface area contributed by atoms with Gasteiger partial charge in [-0.1, -0.05) is 0 Å². The first-order valence-corrected chi connectivity index (χ1v) is 6.63. The SMILES string of the molecule is Nc1cc(N)cc(C(=O)Nc2cc(C(F)(F)F)cc(C(F)(F)F)c2)c1. The van der Waals surface area contributed by atoms with Gasteiger partial charge >= 0.3 is 12.4 Å². The summed E-state index contributed by atoms with van der Waals surface area (Å²) < 4.78 is 76.7. The number of carbonyl (C=O) groups is 1. The van der Waals surface area contributed by atoms with Crippen LogP contribution in [0.1, 0.15) is 21.5 Å². The van der Waals surface area contributed by atoms with Crippen molar-refractivity contribution >= 4 is 23.0 Å². The molecule has 4 nitrogen and oxygen atoms in total. The Kier molecular flexibility index (Phi) is 4.56. The zero-order valence-corrected chi connectivity index (χ0v) is 12.3. The molecule has 0 radical (unpaired) electrons. The molecule has 0 aliphatic heterocycles. The first-order chi connectivity index (χ1) is 11.4. The lowest BCUT2D eigenvalue weighted by Crippen LogP contribution is -2.16. The lowest BCUT2D eigenvalue weighted by Gasteiger charge is -2.15. The molecule has 0 atom stereocenters. The molecule has 0 saturated heterocycles. The van der Waals surface area contributed by atoms with Crippen molar-refractivity contribution in [3.8, 4) is 0 Å². The summed E-state index contributed by atoms with van der Waals surface area (Å²) in [6.07, 6.45) is -10.0. The number of nitrogen functional groups attached to an aromatic ring is 2. The molecule has 0 aromatic heterocycles. The summed E-state index contributed by atoms with van der Waals surface area (Å²) >= 11 is 0. The van der Waals surface area contributed by atoms with Crippen LogP contribution in [-0.4, -0.2) is 5.91 Å². The molecule has 0 fully saturated rings. The molecule has 0 bridgehead atoms. The van der Waals surface area contributed by atoms with Crippen molar-refractivity contribution in [3.05, 3.63) is 53.1 Å². The minimum Gasteiger partial charge on any atom is -0.399 e. The van der Waals surface area contributed by atoms with Gasteiger partial charge in [0.25, 0.3) is 5.91 Å². The van der Waals surface area contributed by atoms with E-state index in [0.29, 0.717) is 12.1 Å². The molecule has 0 spiro atoms. The van der Waals surface area contributed by atoms with Crippen LogP contribution < -0.4 is 16.8 Å². The van der Waals surface area contributed by atoms with Crippen LogP contribution in [0.5, 0.6) is 0 Å². The Morgan fingerprint density at radius 2 is 1.20 bits per heavy atom. The summed E-state index contributed by atoms with van der Waals surface area (Å²) in [4.78, 5) is 12.1. The maximum atomic E-state index is 12.8. The van der Waals surface area contributed by atoms with Crippen LogP contribution in [0.3, 0.4) is 0 Å². The van der Waals surface area contributed by atoms with E-state index >= 15 is 0 Å². The molecule has 134 valence electrons. The third-order valence-electron chi connectivity index (χ3n) is 3.09. The average Bonchev–Trinajstić information content (AvgIpc) is 2.44. The van der Waals surface area contributed by atoms with E-state index in [0.717, 1.165) is 0 Å². The Labute approximate surface area is 137 Å². The van der Waals surface area contributed by atoms with Crippen LogP contribution in [-0.2, 0) is 12.4 Å². The van der Waals surface area contributed by atoms with Crippen LogP contribution in [0.2, 0.25) is 0 Å². The van der Waals surface area contributed by atoms with Gasteiger partial charge in [0, 0.05) is 22.6 Å². The highest BCUT2D eigenvalue weighted by molar-refractivity contribution is 6.05. The monoisotopic (exact) mass is 363 g/mol.